The van der Waals surface area contributed by atoms with Crippen molar-refractivity contribution in [3.05, 3.63) is 65.7 Å². The van der Waals surface area contributed by atoms with Crippen LogP contribution < -0.4 is 4.74 Å². The van der Waals surface area contributed by atoms with Crippen molar-refractivity contribution in [2.75, 3.05) is 6.61 Å². The summed E-state index contributed by atoms with van der Waals surface area (Å²) in [5.41, 5.74) is 3.56. The zero-order chi connectivity index (χ0) is 15.1. The summed E-state index contributed by atoms with van der Waals surface area (Å²) >= 11 is 0. The molecule has 3 nitrogen and oxygen atoms in total. The summed E-state index contributed by atoms with van der Waals surface area (Å²) < 4.78 is 5.79. The lowest BCUT2D eigenvalue weighted by Gasteiger charge is -2.11. The lowest BCUT2D eigenvalue weighted by molar-refractivity contribution is 0.0697. The number of carboxylic acid groups (broad SMARTS) is 1. The van der Waals surface area contributed by atoms with Crippen LogP contribution in [-0.2, 0) is 6.42 Å². The molecule has 0 aliphatic carbocycles. The fourth-order valence-corrected chi connectivity index (χ4v) is 3.07. The molecule has 3 heteroatoms. The van der Waals surface area contributed by atoms with Gasteiger partial charge in [0.1, 0.15) is 5.75 Å². The van der Waals surface area contributed by atoms with E-state index in [-0.39, 0.29) is 0 Å². The Labute approximate surface area is 127 Å². The lowest BCUT2D eigenvalue weighted by atomic mass is 9.95. The van der Waals surface area contributed by atoms with E-state index in [1.54, 1.807) is 12.1 Å². The fraction of sp³-hybridized carbons (Fsp3) is 0.105. The van der Waals surface area contributed by atoms with Crippen LogP contribution in [-0.4, -0.2) is 17.7 Å². The Morgan fingerprint density at radius 3 is 2.68 bits per heavy atom. The molecule has 1 N–H and O–H groups in total. The highest BCUT2D eigenvalue weighted by molar-refractivity contribution is 6.02. The predicted molar refractivity (Wildman–Crippen MR) is 85.5 cm³/mol. The van der Waals surface area contributed by atoms with Gasteiger partial charge in [-0.2, -0.15) is 0 Å². The van der Waals surface area contributed by atoms with E-state index in [0.29, 0.717) is 12.2 Å². The highest BCUT2D eigenvalue weighted by Gasteiger charge is 2.18. The van der Waals surface area contributed by atoms with Gasteiger partial charge in [0, 0.05) is 12.0 Å². The average Bonchev–Trinajstić information content (AvgIpc) is 3.02. The molecule has 0 bridgehead atoms. The first-order valence-electron chi connectivity index (χ1n) is 7.25. The molecule has 0 saturated heterocycles. The first-order chi connectivity index (χ1) is 10.7. The van der Waals surface area contributed by atoms with E-state index in [1.807, 2.05) is 36.4 Å². The summed E-state index contributed by atoms with van der Waals surface area (Å²) in [5.74, 6) is 0.0157. The molecule has 0 unspecified atom stereocenters. The van der Waals surface area contributed by atoms with Gasteiger partial charge in [-0.25, -0.2) is 4.79 Å². The third kappa shape index (κ3) is 1.94. The van der Waals surface area contributed by atoms with Crippen molar-refractivity contribution >= 4 is 16.7 Å². The first kappa shape index (κ1) is 12.9. The zero-order valence-electron chi connectivity index (χ0n) is 11.9. The van der Waals surface area contributed by atoms with Gasteiger partial charge in [-0.1, -0.05) is 42.5 Å². The van der Waals surface area contributed by atoms with Gasteiger partial charge in [-0.15, -0.1) is 0 Å². The summed E-state index contributed by atoms with van der Waals surface area (Å²) in [6.45, 7) is 0.706. The maximum atomic E-state index is 11.3. The van der Waals surface area contributed by atoms with Crippen LogP contribution in [0.4, 0.5) is 0 Å². The standard InChI is InChI=1S/C19H14O3/c20-19(21)14-8-7-12-3-1-5-15(17(12)11-14)16-6-2-4-13-9-10-22-18(13)16/h1-8,11H,9-10H2,(H,20,21). The predicted octanol–water partition coefficient (Wildman–Crippen LogP) is 4.14. The molecule has 0 saturated carbocycles. The van der Waals surface area contributed by atoms with Gasteiger partial charge in [-0.05, 0) is 34.0 Å². The number of para-hydroxylation sites is 1. The molecule has 1 aliphatic rings. The molecule has 1 aliphatic heterocycles. The van der Waals surface area contributed by atoms with Crippen molar-refractivity contribution in [3.8, 4) is 16.9 Å². The van der Waals surface area contributed by atoms with Gasteiger partial charge >= 0.3 is 5.97 Å². The number of ether oxygens (including phenoxy) is 1. The summed E-state index contributed by atoms with van der Waals surface area (Å²) in [6, 6.07) is 17.4. The number of aromatic carboxylic acids is 1. The molecule has 0 fully saturated rings. The molecule has 3 aromatic rings. The first-order valence-corrected chi connectivity index (χ1v) is 7.25. The average molecular weight is 290 g/mol. The number of carboxylic acids is 1. The van der Waals surface area contributed by atoms with Gasteiger partial charge in [0.2, 0.25) is 0 Å². The molecule has 108 valence electrons. The number of carbonyl (C=O) groups is 1. The Morgan fingerprint density at radius 2 is 1.82 bits per heavy atom. The SMILES string of the molecule is O=C(O)c1ccc2cccc(-c3cccc4c3OCC4)c2c1. The van der Waals surface area contributed by atoms with Crippen LogP contribution in [0.2, 0.25) is 0 Å². The molecular formula is C19H14O3. The van der Waals surface area contributed by atoms with Crippen LogP contribution in [0.15, 0.2) is 54.6 Å². The minimum atomic E-state index is -0.911. The van der Waals surface area contributed by atoms with E-state index in [4.69, 9.17) is 4.74 Å². The molecule has 0 radical (unpaired) electrons. The number of hydrogen-bond acceptors (Lipinski definition) is 2. The highest BCUT2D eigenvalue weighted by atomic mass is 16.5. The third-order valence-corrected chi connectivity index (χ3v) is 4.13. The maximum absolute atomic E-state index is 11.3. The minimum Gasteiger partial charge on any atom is -0.492 e. The molecule has 0 aromatic heterocycles. The molecule has 0 atom stereocenters. The number of hydrogen-bond donors (Lipinski definition) is 1. The highest BCUT2D eigenvalue weighted by Crippen LogP contribution is 2.39. The largest absolute Gasteiger partial charge is 0.492 e. The quantitative estimate of drug-likeness (QED) is 0.771. The number of fused-ring (bicyclic) bond motifs is 2. The van der Waals surface area contributed by atoms with Crippen molar-refractivity contribution in [3.63, 3.8) is 0 Å². The molecule has 3 aromatic carbocycles. The van der Waals surface area contributed by atoms with Gasteiger partial charge in [0.15, 0.2) is 0 Å². The molecule has 1 heterocycles. The summed E-state index contributed by atoms with van der Waals surface area (Å²) in [6.07, 6.45) is 0.925. The fourth-order valence-electron chi connectivity index (χ4n) is 3.07. The Kier molecular flexibility index (Phi) is 2.86. The van der Waals surface area contributed by atoms with Crippen LogP contribution in [0, 0.1) is 0 Å². The van der Waals surface area contributed by atoms with Crippen molar-refractivity contribution in [2.24, 2.45) is 0 Å². The van der Waals surface area contributed by atoms with E-state index in [1.165, 1.54) is 5.56 Å². The van der Waals surface area contributed by atoms with Crippen molar-refractivity contribution < 1.29 is 14.6 Å². The Bertz CT molecular complexity index is 896. The summed E-state index contributed by atoms with van der Waals surface area (Å²) in [5, 5.41) is 11.2. The second kappa shape index (κ2) is 4.88. The second-order valence-electron chi connectivity index (χ2n) is 5.44. The van der Waals surface area contributed by atoms with Crippen LogP contribution >= 0.6 is 0 Å². The van der Waals surface area contributed by atoms with Crippen molar-refractivity contribution in [1.29, 1.82) is 0 Å². The molecule has 4 rings (SSSR count). The van der Waals surface area contributed by atoms with E-state index >= 15 is 0 Å². The Morgan fingerprint density at radius 1 is 1.00 bits per heavy atom. The lowest BCUT2D eigenvalue weighted by Crippen LogP contribution is -1.96. The van der Waals surface area contributed by atoms with Crippen LogP contribution in [0.3, 0.4) is 0 Å². The maximum Gasteiger partial charge on any atom is 0.335 e. The van der Waals surface area contributed by atoms with Gasteiger partial charge < -0.3 is 9.84 Å². The smallest absolute Gasteiger partial charge is 0.335 e. The van der Waals surface area contributed by atoms with Crippen LogP contribution in [0.1, 0.15) is 15.9 Å². The van der Waals surface area contributed by atoms with E-state index in [2.05, 4.69) is 6.07 Å². The van der Waals surface area contributed by atoms with E-state index in [9.17, 15) is 9.90 Å². The Balaban J connectivity index is 2.01. The van der Waals surface area contributed by atoms with E-state index in [0.717, 1.165) is 34.1 Å². The van der Waals surface area contributed by atoms with Gasteiger partial charge in [-0.3, -0.25) is 0 Å². The third-order valence-electron chi connectivity index (χ3n) is 4.13. The normalized spacial score (nSPS) is 12.9. The van der Waals surface area contributed by atoms with E-state index < -0.39 is 5.97 Å². The number of rotatable bonds is 2. The topological polar surface area (TPSA) is 46.5 Å². The molecular weight excluding hydrogens is 276 g/mol. The van der Waals surface area contributed by atoms with Crippen LogP contribution in [0.5, 0.6) is 5.75 Å². The van der Waals surface area contributed by atoms with Gasteiger partial charge in [0.05, 0.1) is 12.2 Å². The van der Waals surface area contributed by atoms with Crippen LogP contribution in [0.25, 0.3) is 21.9 Å². The van der Waals surface area contributed by atoms with Crippen molar-refractivity contribution in [1.82, 2.24) is 0 Å². The second-order valence-corrected chi connectivity index (χ2v) is 5.44. The van der Waals surface area contributed by atoms with Crippen molar-refractivity contribution in [2.45, 2.75) is 6.42 Å². The number of benzene rings is 3. The molecule has 0 amide bonds. The monoisotopic (exact) mass is 290 g/mol. The molecule has 0 spiro atoms. The Hall–Kier alpha value is -2.81. The summed E-state index contributed by atoms with van der Waals surface area (Å²) in [4.78, 5) is 11.3. The zero-order valence-corrected chi connectivity index (χ0v) is 11.9. The van der Waals surface area contributed by atoms with Gasteiger partial charge in [0.25, 0.3) is 0 Å². The minimum absolute atomic E-state index is 0.299. The molecule has 22 heavy (non-hydrogen) atoms. The summed E-state index contributed by atoms with van der Waals surface area (Å²) in [7, 11) is 0.